The zero-order valence-corrected chi connectivity index (χ0v) is 10.3. The van der Waals surface area contributed by atoms with E-state index in [2.05, 4.69) is 20.6 Å². The van der Waals surface area contributed by atoms with Crippen molar-refractivity contribution in [2.24, 2.45) is 0 Å². The third kappa shape index (κ3) is 5.88. The van der Waals surface area contributed by atoms with Gasteiger partial charge in [-0.25, -0.2) is 9.78 Å². The first-order valence-corrected chi connectivity index (χ1v) is 5.82. The number of carbonyl (C=O) groups is 2. The largest absolute Gasteiger partial charge is 0.481 e. The van der Waals surface area contributed by atoms with Gasteiger partial charge in [0, 0.05) is 37.8 Å². The summed E-state index contributed by atoms with van der Waals surface area (Å²) < 4.78 is 0. The summed E-state index contributed by atoms with van der Waals surface area (Å²) in [7, 11) is 0. The van der Waals surface area contributed by atoms with E-state index in [1.807, 2.05) is 0 Å². The van der Waals surface area contributed by atoms with Gasteiger partial charge in [-0.05, 0) is 13.3 Å². The van der Waals surface area contributed by atoms with Crippen molar-refractivity contribution >= 4 is 12.0 Å². The highest BCUT2D eigenvalue weighted by Gasteiger charge is 2.08. The van der Waals surface area contributed by atoms with Crippen LogP contribution in [0.3, 0.4) is 0 Å². The average Bonchev–Trinajstić information content (AvgIpc) is 2.79. The molecule has 1 atom stereocenters. The number of carboxylic acids is 1. The third-order valence-electron chi connectivity index (χ3n) is 2.37. The first kappa shape index (κ1) is 14.0. The van der Waals surface area contributed by atoms with Crippen LogP contribution in [0.25, 0.3) is 0 Å². The Morgan fingerprint density at radius 3 is 2.94 bits per heavy atom. The average molecular weight is 254 g/mol. The Hall–Kier alpha value is -2.05. The summed E-state index contributed by atoms with van der Waals surface area (Å²) in [5.41, 5.74) is 0. The molecule has 0 bridgehead atoms. The zero-order chi connectivity index (χ0) is 13.4. The van der Waals surface area contributed by atoms with E-state index in [-0.39, 0.29) is 18.5 Å². The van der Waals surface area contributed by atoms with Gasteiger partial charge in [0.05, 0.1) is 0 Å². The minimum atomic E-state index is -0.859. The molecule has 100 valence electrons. The lowest BCUT2D eigenvalue weighted by Gasteiger charge is -2.13. The number of nitrogens with zero attached hydrogens (tertiary/aromatic N) is 1. The summed E-state index contributed by atoms with van der Waals surface area (Å²) in [5.74, 6) is -0.0453. The Kier molecular flexibility index (Phi) is 5.69. The second-order valence-corrected chi connectivity index (χ2v) is 4.02. The highest BCUT2D eigenvalue weighted by atomic mass is 16.4. The number of aromatic amines is 1. The molecule has 1 aromatic heterocycles. The van der Waals surface area contributed by atoms with Crippen LogP contribution in [0.15, 0.2) is 12.4 Å². The molecular formula is C11H18N4O3. The van der Waals surface area contributed by atoms with Crippen molar-refractivity contribution < 1.29 is 14.7 Å². The van der Waals surface area contributed by atoms with E-state index in [4.69, 9.17) is 5.11 Å². The van der Waals surface area contributed by atoms with E-state index < -0.39 is 5.97 Å². The van der Waals surface area contributed by atoms with Gasteiger partial charge in [0.2, 0.25) is 0 Å². The minimum absolute atomic E-state index is 0.0494. The molecule has 1 aromatic rings. The van der Waals surface area contributed by atoms with Crippen molar-refractivity contribution in [1.29, 1.82) is 0 Å². The summed E-state index contributed by atoms with van der Waals surface area (Å²) >= 11 is 0. The van der Waals surface area contributed by atoms with Crippen LogP contribution in [0.1, 0.15) is 25.6 Å². The SMILES string of the molecule is CC(CCC(=O)O)NC(=O)NCCc1ncc[nH]1. The topological polar surface area (TPSA) is 107 Å². The fourth-order valence-corrected chi connectivity index (χ4v) is 1.42. The number of urea groups is 1. The summed E-state index contributed by atoms with van der Waals surface area (Å²) in [5, 5.41) is 13.9. The number of aliphatic carboxylic acids is 1. The van der Waals surface area contributed by atoms with Crippen LogP contribution in [0, 0.1) is 0 Å². The number of carboxylic acid groups (broad SMARTS) is 1. The molecule has 0 aliphatic heterocycles. The van der Waals surface area contributed by atoms with Gasteiger partial charge in [-0.1, -0.05) is 0 Å². The van der Waals surface area contributed by atoms with E-state index >= 15 is 0 Å². The van der Waals surface area contributed by atoms with Gasteiger partial charge < -0.3 is 20.7 Å². The standard InChI is InChI=1S/C11H18N4O3/c1-8(2-3-10(16)17)15-11(18)14-5-4-9-12-6-7-13-9/h6-8H,2-5H2,1H3,(H,12,13)(H,16,17)(H2,14,15,18). The minimum Gasteiger partial charge on any atom is -0.481 e. The van der Waals surface area contributed by atoms with Gasteiger partial charge in [0.25, 0.3) is 0 Å². The van der Waals surface area contributed by atoms with Crippen LogP contribution in [0.5, 0.6) is 0 Å². The zero-order valence-electron chi connectivity index (χ0n) is 10.3. The molecule has 2 amide bonds. The molecule has 1 unspecified atom stereocenters. The van der Waals surface area contributed by atoms with E-state index in [1.165, 1.54) is 0 Å². The number of amides is 2. The number of imidazole rings is 1. The van der Waals surface area contributed by atoms with Gasteiger partial charge >= 0.3 is 12.0 Å². The highest BCUT2D eigenvalue weighted by molar-refractivity contribution is 5.74. The van der Waals surface area contributed by atoms with E-state index in [0.29, 0.717) is 19.4 Å². The van der Waals surface area contributed by atoms with Crippen LogP contribution >= 0.6 is 0 Å². The quantitative estimate of drug-likeness (QED) is 0.568. The lowest BCUT2D eigenvalue weighted by molar-refractivity contribution is -0.137. The van der Waals surface area contributed by atoms with Crippen LogP contribution in [0.4, 0.5) is 4.79 Å². The maximum Gasteiger partial charge on any atom is 0.315 e. The highest BCUT2D eigenvalue weighted by Crippen LogP contribution is 1.96. The van der Waals surface area contributed by atoms with Crippen molar-refractivity contribution in [3.8, 4) is 0 Å². The van der Waals surface area contributed by atoms with Crippen molar-refractivity contribution in [2.75, 3.05) is 6.54 Å². The van der Waals surface area contributed by atoms with Crippen LogP contribution in [-0.2, 0) is 11.2 Å². The second-order valence-electron chi connectivity index (χ2n) is 4.02. The van der Waals surface area contributed by atoms with Crippen molar-refractivity contribution in [3.05, 3.63) is 18.2 Å². The molecule has 0 aromatic carbocycles. The fraction of sp³-hybridized carbons (Fsp3) is 0.545. The smallest absolute Gasteiger partial charge is 0.315 e. The van der Waals surface area contributed by atoms with Crippen LogP contribution < -0.4 is 10.6 Å². The van der Waals surface area contributed by atoms with Crippen LogP contribution in [0.2, 0.25) is 0 Å². The van der Waals surface area contributed by atoms with Gasteiger partial charge in [0.1, 0.15) is 5.82 Å². The monoisotopic (exact) mass is 254 g/mol. The summed E-state index contributed by atoms with van der Waals surface area (Å²) in [6.07, 6.45) is 4.48. The lowest BCUT2D eigenvalue weighted by Crippen LogP contribution is -2.41. The molecule has 18 heavy (non-hydrogen) atoms. The Bertz CT molecular complexity index is 378. The van der Waals surface area contributed by atoms with Gasteiger partial charge in [0.15, 0.2) is 0 Å². The summed E-state index contributed by atoms with van der Waals surface area (Å²) in [6, 6.07) is -0.454. The molecule has 0 fully saturated rings. The van der Waals surface area contributed by atoms with Gasteiger partial charge in [-0.3, -0.25) is 4.79 Å². The molecule has 1 rings (SSSR count). The molecule has 7 nitrogen and oxygen atoms in total. The third-order valence-corrected chi connectivity index (χ3v) is 2.37. The first-order valence-electron chi connectivity index (χ1n) is 5.82. The van der Waals surface area contributed by atoms with Crippen molar-refractivity contribution in [1.82, 2.24) is 20.6 Å². The predicted molar refractivity (Wildman–Crippen MR) is 65.2 cm³/mol. The lowest BCUT2D eigenvalue weighted by atomic mass is 10.2. The molecule has 7 heteroatoms. The first-order chi connectivity index (χ1) is 8.58. The number of hydrogen-bond donors (Lipinski definition) is 4. The molecule has 0 aliphatic rings. The Balaban J connectivity index is 2.11. The Labute approximate surface area is 105 Å². The number of hydrogen-bond acceptors (Lipinski definition) is 3. The Morgan fingerprint density at radius 1 is 1.56 bits per heavy atom. The molecule has 0 saturated carbocycles. The molecule has 0 saturated heterocycles. The number of carbonyl (C=O) groups excluding carboxylic acids is 1. The van der Waals surface area contributed by atoms with Crippen molar-refractivity contribution in [2.45, 2.75) is 32.2 Å². The summed E-state index contributed by atoms with van der Waals surface area (Å²) in [4.78, 5) is 28.7. The molecular weight excluding hydrogens is 236 g/mol. The van der Waals surface area contributed by atoms with Gasteiger partial charge in [-0.15, -0.1) is 0 Å². The molecule has 0 radical (unpaired) electrons. The normalized spacial score (nSPS) is 11.8. The summed E-state index contributed by atoms with van der Waals surface area (Å²) in [6.45, 7) is 2.25. The van der Waals surface area contributed by atoms with E-state index in [0.717, 1.165) is 5.82 Å². The maximum absolute atomic E-state index is 11.4. The number of rotatable bonds is 7. The Morgan fingerprint density at radius 2 is 2.33 bits per heavy atom. The molecule has 4 N–H and O–H groups in total. The number of aromatic nitrogens is 2. The van der Waals surface area contributed by atoms with E-state index in [9.17, 15) is 9.59 Å². The van der Waals surface area contributed by atoms with Crippen molar-refractivity contribution in [3.63, 3.8) is 0 Å². The predicted octanol–water partition coefficient (Wildman–Crippen LogP) is 0.505. The molecule has 0 spiro atoms. The van der Waals surface area contributed by atoms with Crippen LogP contribution in [-0.4, -0.2) is 39.7 Å². The van der Waals surface area contributed by atoms with Gasteiger partial charge in [-0.2, -0.15) is 0 Å². The maximum atomic E-state index is 11.4. The second kappa shape index (κ2) is 7.31. The molecule has 1 heterocycles. The fourth-order valence-electron chi connectivity index (χ4n) is 1.42. The number of nitrogens with one attached hydrogen (secondary N) is 3. The number of H-pyrrole nitrogens is 1. The molecule has 0 aliphatic carbocycles. The van der Waals surface area contributed by atoms with E-state index in [1.54, 1.807) is 19.3 Å².